The Morgan fingerprint density at radius 1 is 1.26 bits per heavy atom. The van der Waals surface area contributed by atoms with E-state index < -0.39 is 0 Å². The summed E-state index contributed by atoms with van der Waals surface area (Å²) >= 11 is 0. The van der Waals surface area contributed by atoms with Crippen LogP contribution in [0.1, 0.15) is 35.7 Å². The summed E-state index contributed by atoms with van der Waals surface area (Å²) in [7, 11) is 3.45. The minimum Gasteiger partial charge on any atom is -0.481 e. The van der Waals surface area contributed by atoms with Crippen LogP contribution in [0.3, 0.4) is 0 Å². The molecule has 1 fully saturated rings. The number of amides is 1. The molecule has 0 aromatic carbocycles. The molecule has 9 nitrogen and oxygen atoms in total. The average Bonchev–Trinajstić information content (AvgIpc) is 3.45. The molecule has 0 aliphatic carbocycles. The zero-order valence-corrected chi connectivity index (χ0v) is 18.3. The Hall–Kier alpha value is -3.20. The second-order valence-electron chi connectivity index (χ2n) is 7.77. The molecule has 0 saturated carbocycles. The first-order valence-electron chi connectivity index (χ1n) is 10.7. The maximum atomic E-state index is 13.2. The van der Waals surface area contributed by atoms with Gasteiger partial charge < -0.3 is 19.9 Å². The molecule has 1 aliphatic rings. The number of likely N-dealkylation sites (N-methyl/N-ethyl adjacent to an activating group) is 1. The second-order valence-corrected chi connectivity index (χ2v) is 7.77. The summed E-state index contributed by atoms with van der Waals surface area (Å²) in [4.78, 5) is 26.1. The van der Waals surface area contributed by atoms with Gasteiger partial charge in [0, 0.05) is 32.4 Å². The van der Waals surface area contributed by atoms with E-state index in [-0.39, 0.29) is 5.91 Å². The van der Waals surface area contributed by atoms with Crippen LogP contribution < -0.4 is 10.1 Å². The number of rotatable bonds is 8. The molecule has 0 bridgehead atoms. The van der Waals surface area contributed by atoms with Crippen molar-refractivity contribution in [2.75, 3.05) is 45.7 Å². The summed E-state index contributed by atoms with van der Waals surface area (Å²) < 4.78 is 6.85. The summed E-state index contributed by atoms with van der Waals surface area (Å²) in [6.07, 6.45) is 8.17. The van der Waals surface area contributed by atoms with Gasteiger partial charge in [0.05, 0.1) is 24.6 Å². The van der Waals surface area contributed by atoms with Crippen LogP contribution in [0.25, 0.3) is 5.52 Å². The summed E-state index contributed by atoms with van der Waals surface area (Å²) in [6.45, 7) is 5.92. The molecule has 0 spiro atoms. The van der Waals surface area contributed by atoms with Crippen molar-refractivity contribution in [1.82, 2.24) is 29.4 Å². The van der Waals surface area contributed by atoms with Gasteiger partial charge in [-0.3, -0.25) is 4.79 Å². The van der Waals surface area contributed by atoms with Crippen LogP contribution in [-0.4, -0.2) is 75.6 Å². The number of nitrogens with zero attached hydrogens (tertiary/aromatic N) is 6. The highest BCUT2D eigenvalue weighted by Gasteiger charge is 2.23. The van der Waals surface area contributed by atoms with E-state index in [0.717, 1.165) is 36.4 Å². The number of hydrogen-bond donors (Lipinski definition) is 1. The average molecular weight is 424 g/mol. The first kappa shape index (κ1) is 21.0. The van der Waals surface area contributed by atoms with Gasteiger partial charge >= 0.3 is 0 Å². The van der Waals surface area contributed by atoms with Crippen molar-refractivity contribution in [3.8, 4) is 5.88 Å². The number of aryl methyl sites for hydroxylation is 1. The van der Waals surface area contributed by atoms with Crippen LogP contribution in [0.4, 0.5) is 11.5 Å². The van der Waals surface area contributed by atoms with Crippen molar-refractivity contribution in [1.29, 1.82) is 0 Å². The molecule has 4 heterocycles. The highest BCUT2D eigenvalue weighted by molar-refractivity contribution is 5.99. The molecule has 0 unspecified atom stereocenters. The number of likely N-dealkylation sites (tertiary alicyclic amines) is 1. The fourth-order valence-corrected chi connectivity index (χ4v) is 4.02. The van der Waals surface area contributed by atoms with Crippen molar-refractivity contribution in [2.24, 2.45) is 0 Å². The van der Waals surface area contributed by atoms with Gasteiger partial charge in [0.25, 0.3) is 5.91 Å². The van der Waals surface area contributed by atoms with Gasteiger partial charge in [0.2, 0.25) is 5.88 Å². The number of anilines is 2. The normalized spacial score (nSPS) is 14.2. The number of aromatic nitrogens is 4. The molecular weight excluding hydrogens is 394 g/mol. The minimum absolute atomic E-state index is 0.0126. The maximum Gasteiger partial charge on any atom is 0.255 e. The molecule has 3 aromatic heterocycles. The molecule has 31 heavy (non-hydrogen) atoms. The van der Waals surface area contributed by atoms with Crippen molar-refractivity contribution in [3.63, 3.8) is 0 Å². The predicted molar refractivity (Wildman–Crippen MR) is 119 cm³/mol. The molecule has 9 heteroatoms. The van der Waals surface area contributed by atoms with Crippen molar-refractivity contribution >= 4 is 22.9 Å². The third kappa shape index (κ3) is 4.46. The third-order valence-corrected chi connectivity index (χ3v) is 5.77. The number of nitrogens with one attached hydrogen (secondary N) is 1. The quantitative estimate of drug-likeness (QED) is 0.596. The van der Waals surface area contributed by atoms with E-state index in [1.165, 1.54) is 19.2 Å². The lowest BCUT2D eigenvalue weighted by atomic mass is 10.1. The Labute approximate surface area is 182 Å². The monoisotopic (exact) mass is 423 g/mol. The summed E-state index contributed by atoms with van der Waals surface area (Å²) in [5.74, 6) is 1.19. The molecule has 0 radical (unpaired) electrons. The Kier molecular flexibility index (Phi) is 6.31. The highest BCUT2D eigenvalue weighted by atomic mass is 16.5. The van der Waals surface area contributed by atoms with Gasteiger partial charge in [-0.05, 0) is 44.0 Å². The molecule has 1 aliphatic heterocycles. The smallest absolute Gasteiger partial charge is 0.255 e. The standard InChI is InChI=1S/C22H29N7O2/c1-4-17-18(22(30)27(2)11-12-28-9-5-6-10-28)14-29-20(17)21(24-15-25-29)26-16-7-8-19(31-3)23-13-16/h7-8,13-15H,4-6,9-12H2,1-3H3,(H,24,25,26). The molecule has 1 N–H and O–H groups in total. The molecule has 1 saturated heterocycles. The zero-order chi connectivity index (χ0) is 21.8. The van der Waals surface area contributed by atoms with E-state index >= 15 is 0 Å². The lowest BCUT2D eigenvalue weighted by molar-refractivity contribution is 0.0781. The Balaban J connectivity index is 1.59. The molecule has 1 amide bonds. The lowest BCUT2D eigenvalue weighted by Gasteiger charge is -2.21. The SMILES string of the molecule is CCc1c(C(=O)N(C)CCN2CCCC2)cn2ncnc(Nc3ccc(OC)nc3)c12. The summed E-state index contributed by atoms with van der Waals surface area (Å²) in [5.41, 5.74) is 3.18. The number of ether oxygens (including phenoxy) is 1. The Morgan fingerprint density at radius 3 is 2.74 bits per heavy atom. The van der Waals surface area contributed by atoms with E-state index in [1.54, 1.807) is 28.8 Å². The van der Waals surface area contributed by atoms with Crippen LogP contribution in [0.5, 0.6) is 5.88 Å². The van der Waals surface area contributed by atoms with E-state index in [9.17, 15) is 4.79 Å². The van der Waals surface area contributed by atoms with E-state index in [0.29, 0.717) is 30.2 Å². The molecule has 4 rings (SSSR count). The Bertz CT molecular complexity index is 1040. The molecule has 164 valence electrons. The van der Waals surface area contributed by atoms with Crippen LogP contribution in [-0.2, 0) is 6.42 Å². The summed E-state index contributed by atoms with van der Waals surface area (Å²) in [6, 6.07) is 3.65. The van der Waals surface area contributed by atoms with Crippen LogP contribution in [0.2, 0.25) is 0 Å². The first-order chi connectivity index (χ1) is 15.1. The molecule has 0 atom stereocenters. The van der Waals surface area contributed by atoms with Crippen LogP contribution >= 0.6 is 0 Å². The number of carbonyl (C=O) groups is 1. The van der Waals surface area contributed by atoms with Gasteiger partial charge in [-0.15, -0.1) is 0 Å². The van der Waals surface area contributed by atoms with E-state index in [4.69, 9.17) is 4.74 Å². The van der Waals surface area contributed by atoms with Gasteiger partial charge in [0.1, 0.15) is 11.8 Å². The van der Waals surface area contributed by atoms with Gasteiger partial charge in [-0.2, -0.15) is 5.10 Å². The van der Waals surface area contributed by atoms with Crippen molar-refractivity contribution in [2.45, 2.75) is 26.2 Å². The van der Waals surface area contributed by atoms with E-state index in [1.807, 2.05) is 26.2 Å². The van der Waals surface area contributed by atoms with E-state index in [2.05, 4.69) is 25.3 Å². The molecular formula is C22H29N7O2. The number of carbonyl (C=O) groups excluding carboxylic acids is 1. The summed E-state index contributed by atoms with van der Waals surface area (Å²) in [5, 5.41) is 7.64. The number of methoxy groups -OCH3 is 1. The van der Waals surface area contributed by atoms with Gasteiger partial charge in [-0.1, -0.05) is 6.92 Å². The number of hydrogen-bond acceptors (Lipinski definition) is 7. The lowest BCUT2D eigenvalue weighted by Crippen LogP contribution is -2.35. The van der Waals surface area contributed by atoms with Crippen LogP contribution in [0, 0.1) is 0 Å². The second kappa shape index (κ2) is 9.30. The topological polar surface area (TPSA) is 87.9 Å². The zero-order valence-electron chi connectivity index (χ0n) is 18.3. The minimum atomic E-state index is 0.0126. The number of pyridine rings is 1. The third-order valence-electron chi connectivity index (χ3n) is 5.77. The first-order valence-corrected chi connectivity index (χ1v) is 10.7. The maximum absolute atomic E-state index is 13.2. The largest absolute Gasteiger partial charge is 0.481 e. The predicted octanol–water partition coefficient (Wildman–Crippen LogP) is 2.61. The van der Waals surface area contributed by atoms with Crippen molar-refractivity contribution < 1.29 is 9.53 Å². The van der Waals surface area contributed by atoms with Crippen molar-refractivity contribution in [3.05, 3.63) is 42.0 Å². The molecule has 3 aromatic rings. The number of fused-ring (bicyclic) bond motifs is 1. The van der Waals surface area contributed by atoms with Crippen LogP contribution in [0.15, 0.2) is 30.9 Å². The van der Waals surface area contributed by atoms with Gasteiger partial charge in [0.15, 0.2) is 5.82 Å². The fraction of sp³-hybridized carbons (Fsp3) is 0.455. The fourth-order valence-electron chi connectivity index (χ4n) is 4.02. The highest BCUT2D eigenvalue weighted by Crippen LogP contribution is 2.27. The van der Waals surface area contributed by atoms with Gasteiger partial charge in [-0.25, -0.2) is 14.5 Å². The Morgan fingerprint density at radius 2 is 2.06 bits per heavy atom.